The third-order valence-corrected chi connectivity index (χ3v) is 5.49. The van der Waals surface area contributed by atoms with Crippen molar-refractivity contribution < 1.29 is 23.8 Å². The average Bonchev–Trinajstić information content (AvgIpc) is 3.16. The van der Waals surface area contributed by atoms with Crippen LogP contribution in [0.4, 0.5) is 5.69 Å². The number of fused-ring (bicyclic) bond motifs is 1. The Kier molecular flexibility index (Phi) is 5.62. The summed E-state index contributed by atoms with van der Waals surface area (Å²) < 4.78 is 16.3. The van der Waals surface area contributed by atoms with Gasteiger partial charge in [-0.15, -0.1) is 11.3 Å². The van der Waals surface area contributed by atoms with Crippen LogP contribution in [0.25, 0.3) is 10.7 Å². The van der Waals surface area contributed by atoms with Crippen molar-refractivity contribution in [3.8, 4) is 22.2 Å². The fourth-order valence-corrected chi connectivity index (χ4v) is 3.74. The second-order valence-corrected chi connectivity index (χ2v) is 7.54. The number of ether oxygens (including phenoxy) is 3. The fourth-order valence-electron chi connectivity index (χ4n) is 2.82. The number of rotatable bonds is 5. The van der Waals surface area contributed by atoms with Crippen LogP contribution in [0.5, 0.6) is 11.5 Å². The van der Waals surface area contributed by atoms with E-state index in [1.165, 1.54) is 18.3 Å². The zero-order valence-electron chi connectivity index (χ0n) is 16.4. The number of pyridine rings is 1. The Morgan fingerprint density at radius 2 is 1.97 bits per heavy atom. The summed E-state index contributed by atoms with van der Waals surface area (Å²) in [5.74, 6) is 0.137. The zero-order chi connectivity index (χ0) is 21.1. The normalized spacial score (nSPS) is 13.4. The van der Waals surface area contributed by atoms with E-state index < -0.39 is 18.0 Å². The maximum atomic E-state index is 12.6. The molecule has 0 bridgehead atoms. The molecule has 0 spiro atoms. The van der Waals surface area contributed by atoms with E-state index in [4.69, 9.17) is 14.2 Å². The molecule has 8 nitrogen and oxygen atoms in total. The van der Waals surface area contributed by atoms with Gasteiger partial charge in [0.05, 0.1) is 11.4 Å². The van der Waals surface area contributed by atoms with E-state index >= 15 is 0 Å². The molecule has 3 heterocycles. The van der Waals surface area contributed by atoms with Crippen LogP contribution in [0.2, 0.25) is 0 Å². The van der Waals surface area contributed by atoms with E-state index in [0.717, 1.165) is 0 Å². The molecule has 1 atom stereocenters. The third-order valence-electron chi connectivity index (χ3n) is 4.33. The molecular weight excluding hydrogens is 406 g/mol. The summed E-state index contributed by atoms with van der Waals surface area (Å²) in [6.45, 7) is 4.18. The number of carbonyl (C=O) groups excluding carboxylic acids is 2. The summed E-state index contributed by atoms with van der Waals surface area (Å²) in [5.41, 5.74) is 1.73. The summed E-state index contributed by atoms with van der Waals surface area (Å²) in [6.07, 6.45) is 0.666. The van der Waals surface area contributed by atoms with Crippen LogP contribution in [0.3, 0.4) is 0 Å². The quantitative estimate of drug-likeness (QED) is 0.625. The highest BCUT2D eigenvalue weighted by molar-refractivity contribution is 7.17. The Bertz CT molecular complexity index is 1080. The van der Waals surface area contributed by atoms with Gasteiger partial charge in [-0.05, 0) is 38.1 Å². The van der Waals surface area contributed by atoms with Crippen molar-refractivity contribution in [2.45, 2.75) is 20.0 Å². The van der Waals surface area contributed by atoms with Crippen molar-refractivity contribution in [1.82, 2.24) is 9.97 Å². The van der Waals surface area contributed by atoms with Gasteiger partial charge in [0, 0.05) is 18.0 Å². The van der Waals surface area contributed by atoms with E-state index in [2.05, 4.69) is 15.3 Å². The van der Waals surface area contributed by atoms with E-state index in [9.17, 15) is 9.59 Å². The minimum Gasteiger partial charge on any atom is -0.486 e. The van der Waals surface area contributed by atoms with Gasteiger partial charge < -0.3 is 19.5 Å². The highest BCUT2D eigenvalue weighted by Crippen LogP contribution is 2.32. The molecular formula is C21H19N3O5S. The number of aryl methyl sites for hydroxylation is 1. The molecule has 0 radical (unpaired) electrons. The summed E-state index contributed by atoms with van der Waals surface area (Å²) in [6, 6.07) is 10.6. The minimum absolute atomic E-state index is 0.342. The molecule has 1 unspecified atom stereocenters. The van der Waals surface area contributed by atoms with Gasteiger partial charge in [-0.3, -0.25) is 9.78 Å². The summed E-state index contributed by atoms with van der Waals surface area (Å²) >= 11 is 1.18. The van der Waals surface area contributed by atoms with Crippen molar-refractivity contribution in [1.29, 1.82) is 0 Å². The predicted molar refractivity (Wildman–Crippen MR) is 111 cm³/mol. The molecule has 3 aromatic rings. The number of carbonyl (C=O) groups is 2. The summed E-state index contributed by atoms with van der Waals surface area (Å²) in [5, 5.41) is 3.34. The average molecular weight is 425 g/mol. The first-order chi connectivity index (χ1) is 14.5. The van der Waals surface area contributed by atoms with Crippen molar-refractivity contribution in [2.75, 3.05) is 18.5 Å². The fraction of sp³-hybridized carbons (Fsp3) is 0.238. The first-order valence-corrected chi connectivity index (χ1v) is 10.1. The summed E-state index contributed by atoms with van der Waals surface area (Å²) in [4.78, 5) is 34.0. The number of hydrogen-bond donors (Lipinski definition) is 1. The predicted octanol–water partition coefficient (Wildman–Crippen LogP) is 3.47. The molecule has 0 aliphatic carbocycles. The standard InChI is InChI=1S/C21H19N3O5S/c1-12-18(30-20(23-12)15-5-3-4-8-22-15)21(26)29-13(2)19(25)24-14-6-7-16-17(11-14)28-10-9-27-16/h3-8,11,13H,9-10H2,1-2H3,(H,24,25). The molecule has 154 valence electrons. The van der Waals surface area contributed by atoms with Gasteiger partial charge in [-0.1, -0.05) is 6.07 Å². The lowest BCUT2D eigenvalue weighted by Gasteiger charge is -2.19. The smallest absolute Gasteiger partial charge is 0.351 e. The van der Waals surface area contributed by atoms with Gasteiger partial charge in [0.25, 0.3) is 5.91 Å². The maximum absolute atomic E-state index is 12.6. The SMILES string of the molecule is Cc1nc(-c2ccccn2)sc1C(=O)OC(C)C(=O)Nc1ccc2c(c1)OCCO2. The molecule has 1 aliphatic rings. The van der Waals surface area contributed by atoms with Crippen molar-refractivity contribution in [2.24, 2.45) is 0 Å². The molecule has 0 saturated heterocycles. The highest BCUT2D eigenvalue weighted by atomic mass is 32.1. The minimum atomic E-state index is -0.995. The lowest BCUT2D eigenvalue weighted by atomic mass is 10.2. The molecule has 1 amide bonds. The van der Waals surface area contributed by atoms with Crippen LogP contribution in [0.1, 0.15) is 22.3 Å². The molecule has 1 aromatic carbocycles. The lowest BCUT2D eigenvalue weighted by molar-refractivity contribution is -0.123. The number of hydrogen-bond acceptors (Lipinski definition) is 8. The molecule has 0 fully saturated rings. The zero-order valence-corrected chi connectivity index (χ0v) is 17.2. The Morgan fingerprint density at radius 1 is 1.17 bits per heavy atom. The number of esters is 1. The summed E-state index contributed by atoms with van der Waals surface area (Å²) in [7, 11) is 0. The number of benzene rings is 1. The Balaban J connectivity index is 1.41. The van der Waals surface area contributed by atoms with Gasteiger partial charge in [0.1, 0.15) is 23.1 Å². The Morgan fingerprint density at radius 3 is 2.73 bits per heavy atom. The van der Waals surface area contributed by atoms with Gasteiger partial charge in [-0.2, -0.15) is 0 Å². The van der Waals surface area contributed by atoms with E-state index in [-0.39, 0.29) is 0 Å². The van der Waals surface area contributed by atoms with E-state index in [0.29, 0.717) is 51.7 Å². The molecule has 9 heteroatoms. The number of anilines is 1. The van der Waals surface area contributed by atoms with Gasteiger partial charge in [0.2, 0.25) is 0 Å². The maximum Gasteiger partial charge on any atom is 0.351 e. The van der Waals surface area contributed by atoms with Gasteiger partial charge in [0.15, 0.2) is 17.6 Å². The van der Waals surface area contributed by atoms with Crippen molar-refractivity contribution in [3.63, 3.8) is 0 Å². The number of thiazole rings is 1. The van der Waals surface area contributed by atoms with Gasteiger partial charge >= 0.3 is 5.97 Å². The molecule has 2 aromatic heterocycles. The van der Waals surface area contributed by atoms with Crippen LogP contribution < -0.4 is 14.8 Å². The first kappa shape index (κ1) is 19.8. The van der Waals surface area contributed by atoms with Crippen molar-refractivity contribution in [3.05, 3.63) is 53.2 Å². The Labute approximate surface area is 176 Å². The third kappa shape index (κ3) is 4.25. The largest absolute Gasteiger partial charge is 0.486 e. The second kappa shape index (κ2) is 8.50. The monoisotopic (exact) mass is 425 g/mol. The van der Waals surface area contributed by atoms with Gasteiger partial charge in [-0.25, -0.2) is 9.78 Å². The number of nitrogens with one attached hydrogen (secondary N) is 1. The molecule has 1 aliphatic heterocycles. The van der Waals surface area contributed by atoms with Crippen LogP contribution in [-0.2, 0) is 9.53 Å². The molecule has 4 rings (SSSR count). The van der Waals surface area contributed by atoms with Crippen molar-refractivity contribution >= 4 is 28.9 Å². The molecule has 30 heavy (non-hydrogen) atoms. The number of amides is 1. The van der Waals surface area contributed by atoms with Crippen LogP contribution >= 0.6 is 11.3 Å². The first-order valence-electron chi connectivity index (χ1n) is 9.31. The number of nitrogens with zero attached hydrogens (tertiary/aromatic N) is 2. The molecule has 1 N–H and O–H groups in total. The number of aromatic nitrogens is 2. The van der Waals surface area contributed by atoms with Crippen LogP contribution in [0, 0.1) is 6.92 Å². The Hall–Kier alpha value is -3.46. The van der Waals surface area contributed by atoms with Crippen LogP contribution in [0.15, 0.2) is 42.6 Å². The van der Waals surface area contributed by atoms with E-state index in [1.807, 2.05) is 12.1 Å². The highest BCUT2D eigenvalue weighted by Gasteiger charge is 2.24. The topological polar surface area (TPSA) is 99.6 Å². The van der Waals surface area contributed by atoms with Crippen LogP contribution in [-0.4, -0.2) is 41.2 Å². The second-order valence-electron chi connectivity index (χ2n) is 6.54. The van der Waals surface area contributed by atoms with E-state index in [1.54, 1.807) is 37.4 Å². The lowest BCUT2D eigenvalue weighted by Crippen LogP contribution is -2.30. The molecule has 0 saturated carbocycles.